The molecule has 0 aliphatic heterocycles. The molecule has 6 heteroatoms. The first kappa shape index (κ1) is 12.2. The van der Waals surface area contributed by atoms with E-state index < -0.39 is 17.7 Å². The van der Waals surface area contributed by atoms with Crippen LogP contribution >= 0.6 is 11.6 Å². The quantitative estimate of drug-likeness (QED) is 0.799. The summed E-state index contributed by atoms with van der Waals surface area (Å²) in [4.78, 5) is 21.2. The average Bonchev–Trinajstić information content (AvgIpc) is 2.21. The van der Waals surface area contributed by atoms with Gasteiger partial charge in [0.2, 0.25) is 5.91 Å². The average molecular weight is 244 g/mol. The third kappa shape index (κ3) is 3.70. The van der Waals surface area contributed by atoms with Gasteiger partial charge in [0.15, 0.2) is 0 Å². The number of halogens is 2. The van der Waals surface area contributed by atoms with Crippen LogP contribution in [0.25, 0.3) is 0 Å². The largest absolute Gasteiger partial charge is 0.478 e. The lowest BCUT2D eigenvalue weighted by atomic mass is 10.3. The van der Waals surface area contributed by atoms with E-state index in [0.717, 1.165) is 12.1 Å². The fourth-order valence-electron chi connectivity index (χ4n) is 0.905. The zero-order chi connectivity index (χ0) is 12.1. The predicted molar refractivity (Wildman–Crippen MR) is 56.8 cm³/mol. The van der Waals surface area contributed by atoms with Crippen LogP contribution < -0.4 is 5.32 Å². The van der Waals surface area contributed by atoms with Crippen molar-refractivity contribution in [3.8, 4) is 0 Å². The van der Waals surface area contributed by atoms with Crippen molar-refractivity contribution in [2.75, 3.05) is 5.32 Å². The van der Waals surface area contributed by atoms with Crippen LogP contribution in [0, 0.1) is 5.82 Å². The molecule has 0 aliphatic rings. The maximum Gasteiger partial charge on any atom is 0.328 e. The number of benzene rings is 1. The highest BCUT2D eigenvalue weighted by Gasteiger charge is 2.03. The number of carbonyl (C=O) groups is 2. The molecule has 0 aromatic heterocycles. The monoisotopic (exact) mass is 243 g/mol. The number of amides is 1. The molecule has 4 nitrogen and oxygen atoms in total. The number of aliphatic carboxylic acids is 1. The normalized spacial score (nSPS) is 10.4. The van der Waals surface area contributed by atoms with Crippen molar-refractivity contribution in [1.82, 2.24) is 0 Å². The molecule has 1 aromatic carbocycles. The van der Waals surface area contributed by atoms with E-state index in [1.54, 1.807) is 0 Å². The molecule has 0 bridgehead atoms. The van der Waals surface area contributed by atoms with Gasteiger partial charge in [0.1, 0.15) is 5.82 Å². The number of anilines is 1. The lowest BCUT2D eigenvalue weighted by Crippen LogP contribution is -2.08. The van der Waals surface area contributed by atoms with E-state index in [9.17, 15) is 14.0 Å². The summed E-state index contributed by atoms with van der Waals surface area (Å²) in [5.41, 5.74) is 0.284. The molecule has 0 saturated carbocycles. The Bertz CT molecular complexity index is 459. The fraction of sp³-hybridized carbons (Fsp3) is 0. The maximum atomic E-state index is 12.8. The Kier molecular flexibility index (Phi) is 4.02. The van der Waals surface area contributed by atoms with Gasteiger partial charge in [0.25, 0.3) is 0 Å². The van der Waals surface area contributed by atoms with Gasteiger partial charge in [-0.2, -0.15) is 0 Å². The van der Waals surface area contributed by atoms with Gasteiger partial charge in [-0.3, -0.25) is 4.79 Å². The van der Waals surface area contributed by atoms with Crippen LogP contribution in [-0.2, 0) is 9.59 Å². The minimum Gasteiger partial charge on any atom is -0.478 e. The topological polar surface area (TPSA) is 66.4 Å². The second kappa shape index (κ2) is 5.27. The molecule has 0 atom stereocenters. The van der Waals surface area contributed by atoms with Crippen molar-refractivity contribution in [2.45, 2.75) is 0 Å². The Morgan fingerprint density at radius 3 is 2.62 bits per heavy atom. The number of hydrogen-bond donors (Lipinski definition) is 2. The third-order valence-corrected chi connectivity index (χ3v) is 1.85. The summed E-state index contributed by atoms with van der Waals surface area (Å²) in [6, 6.07) is 3.63. The summed E-state index contributed by atoms with van der Waals surface area (Å²) >= 11 is 5.49. The van der Waals surface area contributed by atoms with Crippen LogP contribution in [0.3, 0.4) is 0 Å². The lowest BCUT2D eigenvalue weighted by Gasteiger charge is -2.02. The third-order valence-electron chi connectivity index (χ3n) is 1.56. The Morgan fingerprint density at radius 1 is 1.38 bits per heavy atom. The predicted octanol–water partition coefficient (Wildman–Crippen LogP) is 2.06. The van der Waals surface area contributed by atoms with Crippen molar-refractivity contribution >= 4 is 29.2 Å². The molecular weight excluding hydrogens is 237 g/mol. The lowest BCUT2D eigenvalue weighted by molar-refractivity contribution is -0.131. The molecule has 0 saturated heterocycles. The molecule has 0 aliphatic carbocycles. The van der Waals surface area contributed by atoms with Crippen molar-refractivity contribution in [1.29, 1.82) is 0 Å². The van der Waals surface area contributed by atoms with Gasteiger partial charge in [0.05, 0.1) is 5.02 Å². The Balaban J connectivity index is 2.70. The number of carboxylic acid groups (broad SMARTS) is 1. The first-order chi connectivity index (χ1) is 7.49. The zero-order valence-corrected chi connectivity index (χ0v) is 8.66. The van der Waals surface area contributed by atoms with Gasteiger partial charge in [0, 0.05) is 17.8 Å². The van der Waals surface area contributed by atoms with Gasteiger partial charge >= 0.3 is 5.97 Å². The number of carboxylic acids is 1. The highest BCUT2D eigenvalue weighted by atomic mass is 35.5. The first-order valence-corrected chi connectivity index (χ1v) is 4.54. The van der Waals surface area contributed by atoms with Crippen LogP contribution in [-0.4, -0.2) is 17.0 Å². The van der Waals surface area contributed by atoms with E-state index in [1.165, 1.54) is 12.1 Å². The van der Waals surface area contributed by atoms with Crippen LogP contribution in [0.1, 0.15) is 0 Å². The molecule has 0 unspecified atom stereocenters. The molecule has 1 rings (SSSR count). The molecule has 0 spiro atoms. The van der Waals surface area contributed by atoms with E-state index in [-0.39, 0.29) is 10.7 Å². The standard InChI is InChI=1S/C10H7ClFNO3/c11-7-5-6(1-2-8(7)12)13-9(14)3-4-10(15)16/h1-5H,(H,13,14)(H,15,16). The number of carbonyl (C=O) groups excluding carboxylic acids is 1. The van der Waals surface area contributed by atoms with E-state index in [4.69, 9.17) is 16.7 Å². The van der Waals surface area contributed by atoms with Gasteiger partial charge in [-0.05, 0) is 18.2 Å². The van der Waals surface area contributed by atoms with E-state index in [1.807, 2.05) is 0 Å². The molecule has 2 N–H and O–H groups in total. The second-order valence-electron chi connectivity index (χ2n) is 2.79. The van der Waals surface area contributed by atoms with Gasteiger partial charge in [-0.25, -0.2) is 9.18 Å². The molecule has 0 heterocycles. The van der Waals surface area contributed by atoms with Crippen molar-refractivity contribution in [3.05, 3.63) is 41.2 Å². The Hall–Kier alpha value is -1.88. The maximum absolute atomic E-state index is 12.8. The van der Waals surface area contributed by atoms with E-state index in [0.29, 0.717) is 6.08 Å². The molecule has 84 valence electrons. The highest BCUT2D eigenvalue weighted by molar-refractivity contribution is 6.31. The minimum absolute atomic E-state index is 0.125. The van der Waals surface area contributed by atoms with Crippen molar-refractivity contribution in [3.63, 3.8) is 0 Å². The highest BCUT2D eigenvalue weighted by Crippen LogP contribution is 2.19. The van der Waals surface area contributed by atoms with Crippen molar-refractivity contribution in [2.24, 2.45) is 0 Å². The van der Waals surface area contributed by atoms with Gasteiger partial charge < -0.3 is 10.4 Å². The van der Waals surface area contributed by atoms with Crippen LogP contribution in [0.15, 0.2) is 30.4 Å². The molecule has 16 heavy (non-hydrogen) atoms. The molecule has 0 fully saturated rings. The fourth-order valence-corrected chi connectivity index (χ4v) is 1.09. The number of nitrogens with one attached hydrogen (secondary N) is 1. The summed E-state index contributed by atoms with van der Waals surface area (Å²) in [5, 5.41) is 10.5. The Labute approximate surface area is 95.3 Å². The number of hydrogen-bond acceptors (Lipinski definition) is 2. The second-order valence-corrected chi connectivity index (χ2v) is 3.20. The van der Waals surface area contributed by atoms with E-state index in [2.05, 4.69) is 5.32 Å². The van der Waals surface area contributed by atoms with Crippen LogP contribution in [0.4, 0.5) is 10.1 Å². The van der Waals surface area contributed by atoms with Gasteiger partial charge in [-0.15, -0.1) is 0 Å². The Morgan fingerprint density at radius 2 is 2.06 bits per heavy atom. The zero-order valence-electron chi connectivity index (χ0n) is 7.91. The number of rotatable bonds is 3. The molecule has 1 aromatic rings. The summed E-state index contributed by atoms with van der Waals surface area (Å²) < 4.78 is 12.8. The van der Waals surface area contributed by atoms with Crippen LogP contribution in [0.5, 0.6) is 0 Å². The summed E-state index contributed by atoms with van der Waals surface area (Å²) in [6.07, 6.45) is 1.54. The summed E-state index contributed by atoms with van der Waals surface area (Å²) in [5.74, 6) is -2.46. The summed E-state index contributed by atoms with van der Waals surface area (Å²) in [6.45, 7) is 0. The molecule has 1 amide bonds. The summed E-state index contributed by atoms with van der Waals surface area (Å²) in [7, 11) is 0. The van der Waals surface area contributed by atoms with Gasteiger partial charge in [-0.1, -0.05) is 11.6 Å². The van der Waals surface area contributed by atoms with Crippen molar-refractivity contribution < 1.29 is 19.1 Å². The first-order valence-electron chi connectivity index (χ1n) is 4.16. The van der Waals surface area contributed by atoms with E-state index >= 15 is 0 Å². The van der Waals surface area contributed by atoms with Crippen LogP contribution in [0.2, 0.25) is 5.02 Å². The smallest absolute Gasteiger partial charge is 0.328 e. The molecule has 0 radical (unpaired) electrons. The minimum atomic E-state index is -1.23. The molecular formula is C10H7ClFNO3. The SMILES string of the molecule is O=C(O)C=CC(=O)Nc1ccc(F)c(Cl)c1.